The summed E-state index contributed by atoms with van der Waals surface area (Å²) in [6.45, 7) is 3.86. The number of hydrogen-bond donors (Lipinski definition) is 9. The minimum Gasteiger partial charge on any atom is -0.497 e. The number of carbonyl (C=O) groups excluding carboxylic acids is 10. The van der Waals surface area contributed by atoms with Gasteiger partial charge in [0, 0.05) is 86.5 Å². The van der Waals surface area contributed by atoms with E-state index in [4.69, 9.17) is 34.2 Å². The molecule has 0 bridgehead atoms. The number of aromatic nitrogens is 3. The fourth-order valence-corrected chi connectivity index (χ4v) is 15.7. The lowest BCUT2D eigenvalue weighted by Crippen LogP contribution is -2.55. The van der Waals surface area contributed by atoms with Gasteiger partial charge in [0.15, 0.2) is 29.2 Å². The van der Waals surface area contributed by atoms with Crippen LogP contribution in [0.15, 0.2) is 158 Å². The van der Waals surface area contributed by atoms with Crippen LogP contribution in [0.25, 0.3) is 28.1 Å². The Morgan fingerprint density at radius 3 is 2.07 bits per heavy atom. The number of nitrogens with two attached hydrogens (primary N) is 1. The van der Waals surface area contributed by atoms with Crippen LogP contribution >= 0.6 is 0 Å². The van der Waals surface area contributed by atoms with Crippen molar-refractivity contribution in [3.05, 3.63) is 191 Å². The van der Waals surface area contributed by atoms with Crippen molar-refractivity contribution in [3.8, 4) is 51.3 Å². The van der Waals surface area contributed by atoms with Crippen molar-refractivity contribution in [1.29, 1.82) is 0 Å². The molecule has 1 spiro atoms. The number of nitrogens with zero attached hydrogens (tertiary/aromatic N) is 7. The molecule has 1 aliphatic carbocycles. The van der Waals surface area contributed by atoms with E-state index >= 15 is 0 Å². The number of ether oxygens (including phenoxy) is 6. The molecule has 32 nitrogen and oxygen atoms in total. The van der Waals surface area contributed by atoms with Gasteiger partial charge in [-0.15, -0.1) is 5.10 Å². The second-order valence-corrected chi connectivity index (χ2v) is 30.5. The maximum Gasteiger partial charge on any atom is 0.416 e. The summed E-state index contributed by atoms with van der Waals surface area (Å²) in [5, 5.41) is 40.5. The third-order valence-electron chi connectivity index (χ3n) is 22.2. The lowest BCUT2D eigenvalue weighted by Gasteiger charge is -2.31. The summed E-state index contributed by atoms with van der Waals surface area (Å²) >= 11 is 0. The van der Waals surface area contributed by atoms with Gasteiger partial charge in [-0.25, -0.2) is 19.2 Å². The number of primary amides is 1. The van der Waals surface area contributed by atoms with Crippen molar-refractivity contribution < 1.29 is 81.5 Å². The van der Waals surface area contributed by atoms with Gasteiger partial charge in [0.1, 0.15) is 30.1 Å². The first-order chi connectivity index (χ1) is 57.6. The van der Waals surface area contributed by atoms with E-state index in [9.17, 15) is 53.1 Å². The van der Waals surface area contributed by atoms with Crippen LogP contribution in [0.5, 0.6) is 28.7 Å². The van der Waals surface area contributed by atoms with Gasteiger partial charge in [-0.3, -0.25) is 38.4 Å². The Morgan fingerprint density at radius 1 is 0.664 bits per heavy atom. The number of carbonyl (C=O) groups is 10. The van der Waals surface area contributed by atoms with Gasteiger partial charge in [-0.1, -0.05) is 102 Å². The molecule has 6 aliphatic rings. The molecule has 32 heteroatoms. The highest BCUT2D eigenvalue weighted by Crippen LogP contribution is 2.57. The molecule has 1 saturated carbocycles. The lowest BCUT2D eigenvalue weighted by atomic mass is 9.95. The van der Waals surface area contributed by atoms with Crippen LogP contribution in [0, 0.1) is 5.41 Å². The van der Waals surface area contributed by atoms with E-state index in [-0.39, 0.29) is 123 Å². The molecule has 1 saturated heterocycles. The highest BCUT2D eigenvalue weighted by molar-refractivity contribution is 6.07. The number of fused-ring (bicyclic) bond motifs is 9. The third-order valence-corrected chi connectivity index (χ3v) is 22.2. The lowest BCUT2D eigenvalue weighted by molar-refractivity contribution is -0.131. The molecule has 6 heterocycles. The number of para-hydroxylation sites is 1. The van der Waals surface area contributed by atoms with Crippen LogP contribution in [0.3, 0.4) is 0 Å². The number of aliphatic hydroxyl groups excluding tert-OH is 1. The number of rotatable bonds is 31. The first-order valence-corrected chi connectivity index (χ1v) is 39.7. The van der Waals surface area contributed by atoms with Crippen molar-refractivity contribution in [2.24, 2.45) is 11.1 Å². The topological polar surface area (TPSA) is 400 Å². The van der Waals surface area contributed by atoms with Crippen molar-refractivity contribution in [3.63, 3.8) is 0 Å². The normalized spacial score (nSPS) is 16.9. The molecule has 1 unspecified atom stereocenters. The Balaban J connectivity index is 0.583. The number of hydrogen-bond acceptors (Lipinski definition) is 20. The van der Waals surface area contributed by atoms with Gasteiger partial charge < -0.3 is 91.2 Å². The summed E-state index contributed by atoms with van der Waals surface area (Å²) in [6.07, 6.45) is 2.21. The molecule has 14 rings (SSSR count). The Kier molecular flexibility index (Phi) is 25.0. The molecule has 5 aliphatic heterocycles. The zero-order valence-corrected chi connectivity index (χ0v) is 66.6. The van der Waals surface area contributed by atoms with E-state index in [1.807, 2.05) is 97.5 Å². The van der Waals surface area contributed by atoms with E-state index in [1.165, 1.54) is 26.4 Å². The third kappa shape index (κ3) is 18.7. The molecule has 8 aromatic rings. The molecule has 1 aromatic heterocycles. The summed E-state index contributed by atoms with van der Waals surface area (Å²) in [6, 6.07) is 40.0. The standard InChI is InChI=1S/C87H95N15O17/c1-51(2)102-79-61-19-11-12-21-67(61)99(47-55-17-9-10-18-60(55)78(79)96-97-102)77(106)31-30-74(103)91-45-75(104)92-46-76(105)94-66(37-52-15-7-6-8-16-52)81(108)95-64(20-13-34-89-85(88)112)80(107)93-57-26-22-53(23-27-57)49-119-86(113)101-68-42-73(71(116-5)40-63(68)83(110)100-50-87(32-33-87)43-69(100)84(101)111)118-36-14-35-117-72-41-65-62(39-70(72)115-4)82(109)98-48-56(38-58(98)44-90-65)54-24-28-59(114-3)29-25-54/h6-12,15-19,21-29,39-42,48,51,58,64,66,69,84,90,111H,13-14,20,30-38,43-47,49-50H2,1-5H3,(H,91,103)(H,92,104)(H,93,107)(H,94,105)(H,95,108)(H3,88,89,112)/t58-,64-,66-,69-,84?/m0/s1. The Morgan fingerprint density at radius 2 is 1.35 bits per heavy atom. The van der Waals surface area contributed by atoms with E-state index in [2.05, 4.69) is 47.5 Å². The first-order valence-electron chi connectivity index (χ1n) is 39.7. The molecule has 620 valence electrons. The molecule has 2 fully saturated rings. The second-order valence-electron chi connectivity index (χ2n) is 30.5. The Bertz CT molecular complexity index is 5210. The van der Waals surface area contributed by atoms with Crippen LogP contribution in [0.1, 0.15) is 121 Å². The molecular formula is C87H95N15O17. The largest absolute Gasteiger partial charge is 0.497 e. The van der Waals surface area contributed by atoms with Crippen molar-refractivity contribution >= 4 is 87.7 Å². The summed E-state index contributed by atoms with van der Waals surface area (Å²) in [7, 11) is 4.55. The summed E-state index contributed by atoms with van der Waals surface area (Å²) < 4.78 is 37.2. The maximum absolute atomic E-state index is 14.7. The molecule has 0 radical (unpaired) electrons. The van der Waals surface area contributed by atoms with Crippen LogP contribution < -0.4 is 76.4 Å². The number of anilines is 4. The monoisotopic (exact) mass is 1620 g/mol. The fraction of sp³-hybridized carbons (Fsp3) is 0.356. The van der Waals surface area contributed by atoms with Gasteiger partial charge in [-0.2, -0.15) is 0 Å². The molecule has 11 amide bonds. The zero-order chi connectivity index (χ0) is 83.6. The fourth-order valence-electron chi connectivity index (χ4n) is 15.7. The predicted octanol–water partition coefficient (Wildman–Crippen LogP) is 8.38. The summed E-state index contributed by atoms with van der Waals surface area (Å²) in [5.74, 6) is -2.58. The predicted molar refractivity (Wildman–Crippen MR) is 439 cm³/mol. The quantitative estimate of drug-likeness (QED) is 0.0184. The summed E-state index contributed by atoms with van der Waals surface area (Å²) in [4.78, 5) is 144. The van der Waals surface area contributed by atoms with Crippen molar-refractivity contribution in [1.82, 2.24) is 51.4 Å². The van der Waals surface area contributed by atoms with Gasteiger partial charge in [0.25, 0.3) is 11.8 Å². The average molecular weight is 1620 g/mol. The average Bonchev–Trinajstić information content (AvgIpc) is 1.57. The Labute approximate surface area is 686 Å². The maximum atomic E-state index is 14.7. The molecule has 119 heavy (non-hydrogen) atoms. The van der Waals surface area contributed by atoms with Crippen LogP contribution in [0.4, 0.5) is 32.3 Å². The van der Waals surface area contributed by atoms with Crippen molar-refractivity contribution in [2.45, 2.75) is 128 Å². The van der Waals surface area contributed by atoms with Crippen LogP contribution in [-0.2, 0) is 53.1 Å². The first kappa shape index (κ1) is 82.0. The number of nitrogens with one attached hydrogen (secondary N) is 7. The number of urea groups is 1. The van der Waals surface area contributed by atoms with Gasteiger partial charge in [0.05, 0.1) is 100 Å². The van der Waals surface area contributed by atoms with Crippen LogP contribution in [0.2, 0.25) is 0 Å². The summed E-state index contributed by atoms with van der Waals surface area (Å²) in [5.41, 5.74) is 14.2. The van der Waals surface area contributed by atoms with E-state index < -0.39 is 85.0 Å². The molecule has 5 atom stereocenters. The van der Waals surface area contributed by atoms with Gasteiger partial charge >= 0.3 is 12.1 Å². The van der Waals surface area contributed by atoms with E-state index in [0.29, 0.717) is 77.6 Å². The number of benzene rings is 7. The zero-order valence-electron chi connectivity index (χ0n) is 66.6. The SMILES string of the molecule is COc1ccc(C2=CN3C(=O)c4cc(OC)c(OCCCOc5cc6c(cc5OC)C(=O)N5CC7(CC7)C[C@H]5C(O)N6C(=O)OCc5ccc(NC(=O)[C@H](CCCNC(N)=O)NC(=O)[C@H](Cc6ccccc6)NC(=O)CNC(=O)CNC(=O)CCC(=O)N6Cc7ccccc7-c7nnn(C(C)C)c7-c7ccccc76)cc5)cc4NC[C@@H]3C2)cc1. The van der Waals surface area contributed by atoms with Gasteiger partial charge in [-0.05, 0) is 128 Å². The smallest absolute Gasteiger partial charge is 0.416 e. The second kappa shape index (κ2) is 36.3. The highest BCUT2D eigenvalue weighted by Gasteiger charge is 2.58. The molecular weight excluding hydrogens is 1530 g/mol. The number of aliphatic hydroxyl groups is 1. The molecule has 10 N–H and O–H groups in total. The van der Waals surface area contributed by atoms with E-state index in [0.717, 1.165) is 57.0 Å². The molecule has 7 aromatic carbocycles. The Hall–Kier alpha value is -13.5. The van der Waals surface area contributed by atoms with Gasteiger partial charge in [0.2, 0.25) is 35.4 Å². The van der Waals surface area contributed by atoms with Crippen molar-refractivity contribution in [2.75, 3.05) is 87.7 Å². The minimum atomic E-state index is -1.54. The number of methoxy groups -OCH3 is 3. The minimum absolute atomic E-state index is 0.0194. The highest BCUT2D eigenvalue weighted by atomic mass is 16.6. The number of amides is 11. The van der Waals surface area contributed by atoms with Crippen LogP contribution in [-0.4, -0.2) is 187 Å². The van der Waals surface area contributed by atoms with E-state index in [1.54, 1.807) is 88.5 Å².